The fraction of sp³-hybridized carbons (Fsp3) is 0.150. The standard InChI is InChI=1S/C20H17ClN2O/c1-22-16-6-4-3-5-13(16)9-18(22)19-10-14-7-8-15(20(24)12-21)11-17(14)23(19)2/h3-11H,12H2,1-2H3. The van der Waals surface area contributed by atoms with E-state index in [1.54, 1.807) is 0 Å². The molecule has 0 fully saturated rings. The third-order valence-electron chi connectivity index (χ3n) is 4.70. The fourth-order valence-corrected chi connectivity index (χ4v) is 3.52. The summed E-state index contributed by atoms with van der Waals surface area (Å²) < 4.78 is 4.34. The summed E-state index contributed by atoms with van der Waals surface area (Å²) in [6, 6.07) is 18.5. The van der Waals surface area contributed by atoms with Crippen molar-refractivity contribution in [2.75, 3.05) is 5.88 Å². The van der Waals surface area contributed by atoms with Crippen LogP contribution in [-0.4, -0.2) is 20.8 Å². The number of hydrogen-bond donors (Lipinski definition) is 0. The first-order chi connectivity index (χ1) is 11.6. The SMILES string of the molecule is Cn1c(-c2cc3ccc(C(=O)CCl)cc3n2C)cc2ccccc21. The predicted molar refractivity (Wildman–Crippen MR) is 99.9 cm³/mol. The van der Waals surface area contributed by atoms with Gasteiger partial charge < -0.3 is 9.13 Å². The summed E-state index contributed by atoms with van der Waals surface area (Å²) in [5, 5.41) is 2.34. The van der Waals surface area contributed by atoms with Gasteiger partial charge in [0.15, 0.2) is 5.78 Å². The van der Waals surface area contributed by atoms with E-state index in [1.165, 1.54) is 10.9 Å². The number of rotatable bonds is 3. The van der Waals surface area contributed by atoms with Crippen molar-refractivity contribution in [3.05, 3.63) is 60.2 Å². The lowest BCUT2D eigenvalue weighted by atomic mass is 10.1. The Morgan fingerprint density at radius 3 is 2.17 bits per heavy atom. The first-order valence-electron chi connectivity index (χ1n) is 7.83. The van der Waals surface area contributed by atoms with Crippen LogP contribution in [0, 0.1) is 0 Å². The van der Waals surface area contributed by atoms with Gasteiger partial charge in [-0.1, -0.05) is 30.3 Å². The lowest BCUT2D eigenvalue weighted by Gasteiger charge is -2.07. The van der Waals surface area contributed by atoms with Crippen LogP contribution in [0.2, 0.25) is 0 Å². The van der Waals surface area contributed by atoms with Crippen LogP contribution in [0.4, 0.5) is 0 Å². The first kappa shape index (κ1) is 15.0. The number of benzene rings is 2. The molecule has 0 radical (unpaired) electrons. The maximum Gasteiger partial charge on any atom is 0.177 e. The highest BCUT2D eigenvalue weighted by Crippen LogP contribution is 2.31. The van der Waals surface area contributed by atoms with E-state index in [1.807, 2.05) is 25.2 Å². The zero-order valence-corrected chi connectivity index (χ0v) is 14.3. The van der Waals surface area contributed by atoms with E-state index >= 15 is 0 Å². The number of halogens is 1. The number of nitrogens with zero attached hydrogens (tertiary/aromatic N) is 2. The van der Waals surface area contributed by atoms with Crippen LogP contribution in [0.15, 0.2) is 54.6 Å². The molecule has 3 nitrogen and oxygen atoms in total. The minimum absolute atomic E-state index is 0.00594. The van der Waals surface area contributed by atoms with Crippen molar-refractivity contribution in [1.29, 1.82) is 0 Å². The van der Waals surface area contributed by atoms with Crippen molar-refractivity contribution in [3.8, 4) is 11.4 Å². The third kappa shape index (κ3) is 2.16. The van der Waals surface area contributed by atoms with E-state index in [0.717, 1.165) is 22.3 Å². The van der Waals surface area contributed by atoms with E-state index in [4.69, 9.17) is 11.6 Å². The number of hydrogen-bond acceptors (Lipinski definition) is 1. The summed E-state index contributed by atoms with van der Waals surface area (Å²) in [6.45, 7) is 0. The number of carbonyl (C=O) groups is 1. The molecular weight excluding hydrogens is 320 g/mol. The maximum absolute atomic E-state index is 11.9. The van der Waals surface area contributed by atoms with Gasteiger partial charge in [-0.3, -0.25) is 4.79 Å². The van der Waals surface area contributed by atoms with E-state index in [0.29, 0.717) is 5.56 Å². The summed E-state index contributed by atoms with van der Waals surface area (Å²) in [4.78, 5) is 11.9. The van der Waals surface area contributed by atoms with Gasteiger partial charge in [0.1, 0.15) is 0 Å². The van der Waals surface area contributed by atoms with Crippen LogP contribution in [0.5, 0.6) is 0 Å². The highest BCUT2D eigenvalue weighted by atomic mass is 35.5. The van der Waals surface area contributed by atoms with Crippen LogP contribution >= 0.6 is 11.6 Å². The molecule has 4 rings (SSSR count). The molecule has 0 amide bonds. The molecule has 2 heterocycles. The molecule has 4 heteroatoms. The van der Waals surface area contributed by atoms with Crippen molar-refractivity contribution in [2.45, 2.75) is 0 Å². The molecule has 0 aliphatic heterocycles. The lowest BCUT2D eigenvalue weighted by Crippen LogP contribution is -2.01. The number of ketones is 1. The van der Waals surface area contributed by atoms with Crippen molar-refractivity contribution in [2.24, 2.45) is 14.1 Å². The van der Waals surface area contributed by atoms with Gasteiger partial charge in [-0.05, 0) is 24.3 Å². The normalized spacial score (nSPS) is 11.5. The van der Waals surface area contributed by atoms with E-state index in [9.17, 15) is 4.79 Å². The van der Waals surface area contributed by atoms with Gasteiger partial charge in [0.25, 0.3) is 0 Å². The molecule has 120 valence electrons. The Balaban J connectivity index is 1.94. The maximum atomic E-state index is 11.9. The monoisotopic (exact) mass is 336 g/mol. The summed E-state index contributed by atoms with van der Waals surface area (Å²) in [5.74, 6) is -0.0441. The van der Waals surface area contributed by atoms with Crippen LogP contribution in [0.3, 0.4) is 0 Å². The molecule has 2 aromatic heterocycles. The summed E-state index contributed by atoms with van der Waals surface area (Å²) in [7, 11) is 4.11. The average Bonchev–Trinajstić information content (AvgIpc) is 3.12. The first-order valence-corrected chi connectivity index (χ1v) is 8.37. The molecule has 0 aliphatic rings. The van der Waals surface area contributed by atoms with Crippen molar-refractivity contribution in [3.63, 3.8) is 0 Å². The molecule has 0 N–H and O–H groups in total. The smallest absolute Gasteiger partial charge is 0.177 e. The number of Topliss-reactive ketones (excluding diaryl/α,β-unsaturated/α-hetero) is 1. The average molecular weight is 337 g/mol. The van der Waals surface area contributed by atoms with Crippen LogP contribution in [0.1, 0.15) is 10.4 Å². The van der Waals surface area contributed by atoms with Crippen molar-refractivity contribution in [1.82, 2.24) is 9.13 Å². The van der Waals surface area contributed by atoms with Gasteiger partial charge in [-0.15, -0.1) is 11.6 Å². The zero-order valence-electron chi connectivity index (χ0n) is 13.6. The van der Waals surface area contributed by atoms with E-state index in [-0.39, 0.29) is 11.7 Å². The molecule has 0 unspecified atom stereocenters. The molecule has 0 aliphatic carbocycles. The zero-order chi connectivity index (χ0) is 16.8. The van der Waals surface area contributed by atoms with Gasteiger partial charge in [0.05, 0.1) is 17.3 Å². The Kier molecular flexibility index (Phi) is 3.47. The van der Waals surface area contributed by atoms with Gasteiger partial charge >= 0.3 is 0 Å². The fourth-order valence-electron chi connectivity index (χ4n) is 3.36. The molecule has 0 atom stereocenters. The molecule has 0 saturated carbocycles. The minimum Gasteiger partial charge on any atom is -0.342 e. The van der Waals surface area contributed by atoms with Crippen LogP contribution in [0.25, 0.3) is 33.2 Å². The predicted octanol–water partition coefficient (Wildman–Crippen LogP) is 4.76. The highest BCUT2D eigenvalue weighted by Gasteiger charge is 2.14. The van der Waals surface area contributed by atoms with Gasteiger partial charge in [0, 0.05) is 41.5 Å². The quantitative estimate of drug-likeness (QED) is 0.391. The Hall–Kier alpha value is -2.52. The third-order valence-corrected chi connectivity index (χ3v) is 4.95. The number of fused-ring (bicyclic) bond motifs is 2. The largest absolute Gasteiger partial charge is 0.342 e. The molecule has 24 heavy (non-hydrogen) atoms. The second-order valence-electron chi connectivity index (χ2n) is 6.07. The summed E-state index contributed by atoms with van der Waals surface area (Å²) in [5.41, 5.74) is 5.17. The number of aromatic nitrogens is 2. The lowest BCUT2D eigenvalue weighted by molar-refractivity contribution is 0.102. The molecule has 0 saturated heterocycles. The molecular formula is C20H17ClN2O. The molecule has 0 spiro atoms. The summed E-state index contributed by atoms with van der Waals surface area (Å²) >= 11 is 5.68. The Bertz CT molecular complexity index is 1090. The van der Waals surface area contributed by atoms with Crippen molar-refractivity contribution < 1.29 is 4.79 Å². The number of alkyl halides is 1. The van der Waals surface area contributed by atoms with Gasteiger partial charge in [0.2, 0.25) is 0 Å². The van der Waals surface area contributed by atoms with Crippen molar-refractivity contribution >= 4 is 39.2 Å². The van der Waals surface area contributed by atoms with Gasteiger partial charge in [-0.25, -0.2) is 0 Å². The second kappa shape index (κ2) is 5.53. The Labute approximate surface area is 145 Å². The minimum atomic E-state index is -0.0501. The number of para-hydroxylation sites is 1. The summed E-state index contributed by atoms with van der Waals surface area (Å²) in [6.07, 6.45) is 0. The van der Waals surface area contributed by atoms with E-state index in [2.05, 4.69) is 52.6 Å². The highest BCUT2D eigenvalue weighted by molar-refractivity contribution is 6.30. The van der Waals surface area contributed by atoms with E-state index < -0.39 is 0 Å². The number of aryl methyl sites for hydroxylation is 2. The Morgan fingerprint density at radius 2 is 1.50 bits per heavy atom. The Morgan fingerprint density at radius 1 is 0.875 bits per heavy atom. The van der Waals surface area contributed by atoms with Crippen LogP contribution < -0.4 is 0 Å². The molecule has 0 bridgehead atoms. The second-order valence-corrected chi connectivity index (χ2v) is 6.33. The molecule has 2 aromatic carbocycles. The topological polar surface area (TPSA) is 26.9 Å². The molecule has 4 aromatic rings. The van der Waals surface area contributed by atoms with Crippen LogP contribution in [-0.2, 0) is 14.1 Å². The van der Waals surface area contributed by atoms with Gasteiger partial charge in [-0.2, -0.15) is 0 Å². The number of carbonyl (C=O) groups excluding carboxylic acids is 1.